The Bertz CT molecular complexity index is 1180. The number of carboxylic acids is 1. The summed E-state index contributed by atoms with van der Waals surface area (Å²) in [5.74, 6) is -0.209. The van der Waals surface area contributed by atoms with E-state index < -0.39 is 5.97 Å². The number of rotatable bonds is 9. The highest BCUT2D eigenvalue weighted by Gasteiger charge is 2.24. The van der Waals surface area contributed by atoms with E-state index in [-0.39, 0.29) is 25.0 Å². The van der Waals surface area contributed by atoms with Crippen LogP contribution in [0, 0.1) is 11.8 Å². The molecule has 6 nitrogen and oxygen atoms in total. The van der Waals surface area contributed by atoms with Gasteiger partial charge in [0, 0.05) is 19.0 Å². The van der Waals surface area contributed by atoms with Crippen LogP contribution >= 0.6 is 11.9 Å². The zero-order chi connectivity index (χ0) is 24.8. The molecule has 35 heavy (non-hydrogen) atoms. The van der Waals surface area contributed by atoms with Crippen molar-refractivity contribution in [2.24, 2.45) is 5.18 Å². The Balaban J connectivity index is 1.62. The number of aliphatic carboxylic acids is 1. The third kappa shape index (κ3) is 6.29. The summed E-state index contributed by atoms with van der Waals surface area (Å²) in [5, 5.41) is 12.6. The number of nitroso groups, excluding NO2 is 1. The van der Waals surface area contributed by atoms with Crippen molar-refractivity contribution >= 4 is 17.9 Å². The molecule has 182 valence electrons. The Hall–Kier alpha value is -3.16. The Labute approximate surface area is 210 Å². The molecule has 0 saturated heterocycles. The number of nitrogens with zero attached hydrogens (tertiary/aromatic N) is 2. The quantitative estimate of drug-likeness (QED) is 0.271. The fraction of sp³-hybridized carbons (Fsp3) is 0.321. The number of hydrogen-bond donors (Lipinski definition) is 1. The molecule has 0 fully saturated rings. The van der Waals surface area contributed by atoms with Crippen molar-refractivity contribution in [3.05, 3.63) is 99.5 Å². The van der Waals surface area contributed by atoms with Crippen LogP contribution in [0.2, 0.25) is 0 Å². The largest absolute Gasteiger partial charge is 0.488 e. The average Bonchev–Trinajstić information content (AvgIpc) is 3.03. The van der Waals surface area contributed by atoms with Gasteiger partial charge in [0.2, 0.25) is 0 Å². The van der Waals surface area contributed by atoms with Crippen molar-refractivity contribution in [1.82, 2.24) is 4.31 Å². The number of carboxylic acid groups (broad SMARTS) is 1. The molecule has 1 aliphatic heterocycles. The van der Waals surface area contributed by atoms with Gasteiger partial charge in [-0.15, -0.1) is 0 Å². The maximum absolute atomic E-state index is 11.7. The van der Waals surface area contributed by atoms with Crippen LogP contribution in [0.4, 0.5) is 0 Å². The minimum atomic E-state index is -0.849. The van der Waals surface area contributed by atoms with Gasteiger partial charge in [-0.25, -0.2) is 4.31 Å². The first kappa shape index (κ1) is 24.9. The first-order valence-electron chi connectivity index (χ1n) is 11.8. The summed E-state index contributed by atoms with van der Waals surface area (Å²) in [6, 6.07) is 21.9. The third-order valence-corrected chi connectivity index (χ3v) is 7.43. The number of carbonyl (C=O) groups is 1. The number of fused-ring (bicyclic) bond motifs is 1. The molecule has 7 heteroatoms. The van der Waals surface area contributed by atoms with Gasteiger partial charge in [0.15, 0.2) is 0 Å². The minimum absolute atomic E-state index is 0.00856. The summed E-state index contributed by atoms with van der Waals surface area (Å²) in [4.78, 5) is 23.4. The second kappa shape index (κ2) is 11.5. The molecule has 0 bridgehead atoms. The number of benzene rings is 3. The predicted octanol–water partition coefficient (Wildman–Crippen LogP) is 6.55. The van der Waals surface area contributed by atoms with Gasteiger partial charge in [0.05, 0.1) is 11.3 Å². The molecule has 1 aliphatic rings. The van der Waals surface area contributed by atoms with Crippen molar-refractivity contribution < 1.29 is 14.6 Å². The number of aryl methyl sites for hydroxylation is 1. The van der Waals surface area contributed by atoms with Crippen molar-refractivity contribution in [2.75, 3.05) is 6.54 Å². The van der Waals surface area contributed by atoms with Crippen LogP contribution in [0.25, 0.3) is 0 Å². The highest BCUT2D eigenvalue weighted by molar-refractivity contribution is 7.97. The van der Waals surface area contributed by atoms with E-state index in [0.29, 0.717) is 0 Å². The highest BCUT2D eigenvalue weighted by Crippen LogP contribution is 2.37. The smallest absolute Gasteiger partial charge is 0.304 e. The molecule has 3 aromatic rings. The topological polar surface area (TPSA) is 79.2 Å². The summed E-state index contributed by atoms with van der Waals surface area (Å²) in [6.45, 7) is 5.86. The monoisotopic (exact) mass is 490 g/mol. The summed E-state index contributed by atoms with van der Waals surface area (Å²) < 4.78 is 8.57. The molecule has 0 radical (unpaired) electrons. The maximum Gasteiger partial charge on any atom is 0.304 e. The van der Waals surface area contributed by atoms with Crippen LogP contribution in [0.3, 0.4) is 0 Å². The van der Waals surface area contributed by atoms with Crippen LogP contribution in [-0.2, 0) is 17.9 Å². The summed E-state index contributed by atoms with van der Waals surface area (Å²) in [6.07, 6.45) is 1.01. The lowest BCUT2D eigenvalue weighted by atomic mass is 9.86. The summed E-state index contributed by atoms with van der Waals surface area (Å²) in [5.41, 5.74) is 5.03. The van der Waals surface area contributed by atoms with Crippen molar-refractivity contribution in [3.8, 4) is 5.75 Å². The molecule has 0 aromatic heterocycles. The van der Waals surface area contributed by atoms with E-state index in [4.69, 9.17) is 4.74 Å². The second-order valence-electron chi connectivity index (χ2n) is 8.87. The summed E-state index contributed by atoms with van der Waals surface area (Å²) in [7, 11) is 0. The van der Waals surface area contributed by atoms with E-state index in [1.807, 2.05) is 48.5 Å². The second-order valence-corrected chi connectivity index (χ2v) is 10.0. The van der Waals surface area contributed by atoms with E-state index in [1.54, 1.807) is 11.9 Å². The maximum atomic E-state index is 11.7. The Morgan fingerprint density at radius 3 is 2.60 bits per heavy atom. The predicted molar refractivity (Wildman–Crippen MR) is 139 cm³/mol. The normalized spacial score (nSPS) is 16.6. The molecular weight excluding hydrogens is 460 g/mol. The molecule has 1 unspecified atom stereocenters. The van der Waals surface area contributed by atoms with Gasteiger partial charge in [-0.2, -0.15) is 4.91 Å². The first-order valence-corrected chi connectivity index (χ1v) is 12.6. The minimum Gasteiger partial charge on any atom is -0.488 e. The Morgan fingerprint density at radius 1 is 1.14 bits per heavy atom. The Kier molecular flexibility index (Phi) is 8.21. The fourth-order valence-electron chi connectivity index (χ4n) is 4.35. The SMILES string of the molecule is CC[C@@H]1CN(Cc2cc(C(CC(=O)O)c3ccc(CN=O)cc3)ccc2C)Sc2ccccc2O1. The van der Waals surface area contributed by atoms with Gasteiger partial charge in [-0.05, 0) is 65.2 Å². The molecule has 0 saturated carbocycles. The van der Waals surface area contributed by atoms with Crippen LogP contribution in [0.5, 0.6) is 5.75 Å². The van der Waals surface area contributed by atoms with Gasteiger partial charge < -0.3 is 9.84 Å². The molecule has 3 aromatic carbocycles. The van der Waals surface area contributed by atoms with Crippen LogP contribution in [-0.4, -0.2) is 28.0 Å². The first-order chi connectivity index (χ1) is 17.0. The van der Waals surface area contributed by atoms with E-state index in [1.165, 1.54) is 11.1 Å². The van der Waals surface area contributed by atoms with E-state index in [2.05, 4.69) is 41.5 Å². The molecule has 2 atom stereocenters. The van der Waals surface area contributed by atoms with Crippen molar-refractivity contribution in [2.45, 2.75) is 56.7 Å². The molecule has 1 heterocycles. The molecule has 4 rings (SSSR count). The Morgan fingerprint density at radius 2 is 1.89 bits per heavy atom. The fourth-order valence-corrected chi connectivity index (χ4v) is 5.42. The standard InChI is InChI=1S/C28H30N2O4S/c1-3-24-18-30(35-27-7-5-4-6-26(27)34-24)17-23-14-22(11-8-19(23)2)25(15-28(31)32)21-12-9-20(10-13-21)16-29-33/h4-14,24-25H,3,15-18H2,1-2H3,(H,31,32)/t24-,25?/m1/s1. The number of ether oxygens (including phenoxy) is 1. The van der Waals surface area contributed by atoms with E-state index in [0.717, 1.165) is 46.8 Å². The van der Waals surface area contributed by atoms with Crippen LogP contribution in [0.1, 0.15) is 53.5 Å². The summed E-state index contributed by atoms with van der Waals surface area (Å²) >= 11 is 1.71. The lowest BCUT2D eigenvalue weighted by molar-refractivity contribution is -0.137. The zero-order valence-electron chi connectivity index (χ0n) is 20.0. The number of hydrogen-bond acceptors (Lipinski definition) is 6. The van der Waals surface area contributed by atoms with Gasteiger partial charge in [-0.1, -0.05) is 66.7 Å². The third-order valence-electron chi connectivity index (χ3n) is 6.36. The van der Waals surface area contributed by atoms with Gasteiger partial charge in [0.1, 0.15) is 18.4 Å². The molecule has 0 aliphatic carbocycles. The zero-order valence-corrected chi connectivity index (χ0v) is 20.8. The molecule has 0 amide bonds. The molecular formula is C28H30N2O4S. The van der Waals surface area contributed by atoms with Crippen LogP contribution < -0.4 is 4.74 Å². The molecule has 0 spiro atoms. The molecule has 1 N–H and O–H groups in total. The van der Waals surface area contributed by atoms with E-state index >= 15 is 0 Å². The van der Waals surface area contributed by atoms with Crippen molar-refractivity contribution in [1.29, 1.82) is 0 Å². The van der Waals surface area contributed by atoms with Gasteiger partial charge >= 0.3 is 5.97 Å². The van der Waals surface area contributed by atoms with Crippen LogP contribution in [0.15, 0.2) is 76.8 Å². The van der Waals surface area contributed by atoms with Gasteiger partial charge in [0.25, 0.3) is 0 Å². The lowest BCUT2D eigenvalue weighted by Crippen LogP contribution is -2.29. The number of para-hydroxylation sites is 1. The van der Waals surface area contributed by atoms with Gasteiger partial charge in [-0.3, -0.25) is 4.79 Å². The highest BCUT2D eigenvalue weighted by atomic mass is 32.2. The lowest BCUT2D eigenvalue weighted by Gasteiger charge is -2.24. The average molecular weight is 491 g/mol. The van der Waals surface area contributed by atoms with Crippen molar-refractivity contribution in [3.63, 3.8) is 0 Å². The van der Waals surface area contributed by atoms with E-state index in [9.17, 15) is 14.8 Å².